The van der Waals surface area contributed by atoms with Crippen molar-refractivity contribution in [2.75, 3.05) is 20.3 Å². The molecule has 4 nitrogen and oxygen atoms in total. The zero-order chi connectivity index (χ0) is 15.1. The molecule has 5 heteroatoms. The quantitative estimate of drug-likeness (QED) is 0.602. The third kappa shape index (κ3) is 4.63. The largest absolute Gasteiger partial charge is 0.493 e. The van der Waals surface area contributed by atoms with Crippen molar-refractivity contribution in [2.24, 2.45) is 0 Å². The second-order valence-corrected chi connectivity index (χ2v) is 5.51. The number of carbonyl (C=O) groups is 1. The van der Waals surface area contributed by atoms with E-state index in [0.717, 1.165) is 3.57 Å². The molecule has 0 atom stereocenters. The van der Waals surface area contributed by atoms with E-state index in [-0.39, 0.29) is 5.91 Å². The zero-order valence-electron chi connectivity index (χ0n) is 11.6. The number of halogens is 1. The zero-order valence-corrected chi connectivity index (χ0v) is 13.8. The van der Waals surface area contributed by atoms with Crippen molar-refractivity contribution < 1.29 is 14.3 Å². The SMILES string of the molecule is COc1ccccc1OCCNC(=O)c1cccc(I)c1. The van der Waals surface area contributed by atoms with Crippen molar-refractivity contribution in [3.05, 3.63) is 57.7 Å². The molecule has 1 amide bonds. The maximum Gasteiger partial charge on any atom is 0.251 e. The molecule has 1 N–H and O–H groups in total. The lowest BCUT2D eigenvalue weighted by atomic mass is 10.2. The lowest BCUT2D eigenvalue weighted by Crippen LogP contribution is -2.28. The van der Waals surface area contributed by atoms with Crippen LogP contribution in [0, 0.1) is 3.57 Å². The Morgan fingerprint density at radius 3 is 2.62 bits per heavy atom. The molecule has 0 heterocycles. The number of carbonyl (C=O) groups excluding carboxylic acids is 1. The van der Waals surface area contributed by atoms with Gasteiger partial charge in [0.05, 0.1) is 13.7 Å². The van der Waals surface area contributed by atoms with Gasteiger partial charge in [0, 0.05) is 9.13 Å². The highest BCUT2D eigenvalue weighted by atomic mass is 127. The maximum atomic E-state index is 11.9. The third-order valence-corrected chi connectivity index (χ3v) is 3.47. The van der Waals surface area contributed by atoms with Gasteiger partial charge in [0.1, 0.15) is 6.61 Å². The standard InChI is InChI=1S/C16H16INO3/c1-20-14-7-2-3-8-15(14)21-10-9-18-16(19)12-5-4-6-13(17)11-12/h2-8,11H,9-10H2,1H3,(H,18,19). The van der Waals surface area contributed by atoms with Gasteiger partial charge in [-0.05, 0) is 52.9 Å². The Morgan fingerprint density at radius 2 is 1.90 bits per heavy atom. The first kappa shape index (κ1) is 15.6. The van der Waals surface area contributed by atoms with Crippen molar-refractivity contribution in [3.8, 4) is 11.5 Å². The highest BCUT2D eigenvalue weighted by molar-refractivity contribution is 14.1. The van der Waals surface area contributed by atoms with Crippen LogP contribution < -0.4 is 14.8 Å². The molecule has 2 rings (SSSR count). The van der Waals surface area contributed by atoms with E-state index < -0.39 is 0 Å². The van der Waals surface area contributed by atoms with Gasteiger partial charge in [0.15, 0.2) is 11.5 Å². The molecule has 0 fully saturated rings. The number of hydrogen-bond donors (Lipinski definition) is 1. The Kier molecular flexibility index (Phi) is 5.86. The van der Waals surface area contributed by atoms with E-state index in [9.17, 15) is 4.79 Å². The molecule has 2 aromatic rings. The normalized spacial score (nSPS) is 10.0. The molecule has 0 unspecified atom stereocenters. The maximum absolute atomic E-state index is 11.9. The minimum atomic E-state index is -0.0999. The summed E-state index contributed by atoms with van der Waals surface area (Å²) in [6, 6.07) is 14.9. The predicted molar refractivity (Wildman–Crippen MR) is 90.0 cm³/mol. The lowest BCUT2D eigenvalue weighted by molar-refractivity contribution is 0.0946. The molecule has 0 spiro atoms. The summed E-state index contributed by atoms with van der Waals surface area (Å²) in [5, 5.41) is 2.83. The van der Waals surface area contributed by atoms with E-state index in [4.69, 9.17) is 9.47 Å². The molecule has 0 aromatic heterocycles. The fourth-order valence-corrected chi connectivity index (χ4v) is 2.34. The number of amides is 1. The summed E-state index contributed by atoms with van der Waals surface area (Å²) >= 11 is 2.18. The summed E-state index contributed by atoms with van der Waals surface area (Å²) in [5.41, 5.74) is 0.652. The van der Waals surface area contributed by atoms with Gasteiger partial charge in [-0.3, -0.25) is 4.79 Å². The second kappa shape index (κ2) is 7.87. The second-order valence-electron chi connectivity index (χ2n) is 4.27. The summed E-state index contributed by atoms with van der Waals surface area (Å²) in [6.45, 7) is 0.818. The third-order valence-electron chi connectivity index (χ3n) is 2.80. The van der Waals surface area contributed by atoms with Crippen LogP contribution in [-0.4, -0.2) is 26.2 Å². The van der Waals surface area contributed by atoms with Crippen molar-refractivity contribution in [2.45, 2.75) is 0 Å². The molecule has 0 radical (unpaired) electrons. The van der Waals surface area contributed by atoms with Crippen LogP contribution in [0.2, 0.25) is 0 Å². The molecule has 0 saturated heterocycles. The van der Waals surface area contributed by atoms with Gasteiger partial charge < -0.3 is 14.8 Å². The number of benzene rings is 2. The average Bonchev–Trinajstić information content (AvgIpc) is 2.51. The number of para-hydroxylation sites is 2. The van der Waals surface area contributed by atoms with Gasteiger partial charge in [0.25, 0.3) is 5.91 Å². The molecular formula is C16H16INO3. The minimum Gasteiger partial charge on any atom is -0.493 e. The van der Waals surface area contributed by atoms with Crippen LogP contribution in [0.5, 0.6) is 11.5 Å². The molecule has 110 valence electrons. The van der Waals surface area contributed by atoms with Gasteiger partial charge in [-0.25, -0.2) is 0 Å². The fourth-order valence-electron chi connectivity index (χ4n) is 1.80. The number of methoxy groups -OCH3 is 1. The first-order valence-corrected chi connectivity index (χ1v) is 7.58. The molecule has 2 aromatic carbocycles. The Hall–Kier alpha value is -1.76. The van der Waals surface area contributed by atoms with E-state index in [0.29, 0.717) is 30.2 Å². The van der Waals surface area contributed by atoms with Crippen LogP contribution >= 0.6 is 22.6 Å². The van der Waals surface area contributed by atoms with Crippen molar-refractivity contribution in [3.63, 3.8) is 0 Å². The summed E-state index contributed by atoms with van der Waals surface area (Å²) in [6.07, 6.45) is 0. The Balaban J connectivity index is 1.81. The summed E-state index contributed by atoms with van der Waals surface area (Å²) in [4.78, 5) is 11.9. The molecule has 0 aliphatic heterocycles. The van der Waals surface area contributed by atoms with E-state index >= 15 is 0 Å². The first-order chi connectivity index (χ1) is 10.2. The van der Waals surface area contributed by atoms with Crippen LogP contribution in [0.15, 0.2) is 48.5 Å². The molecule has 0 bridgehead atoms. The van der Waals surface area contributed by atoms with Gasteiger partial charge in [0.2, 0.25) is 0 Å². The predicted octanol–water partition coefficient (Wildman–Crippen LogP) is 3.11. The first-order valence-electron chi connectivity index (χ1n) is 6.50. The van der Waals surface area contributed by atoms with Crippen molar-refractivity contribution in [1.29, 1.82) is 0 Å². The number of hydrogen-bond acceptors (Lipinski definition) is 3. The summed E-state index contributed by atoms with van der Waals surface area (Å²) in [5.74, 6) is 1.25. The molecular weight excluding hydrogens is 381 g/mol. The topological polar surface area (TPSA) is 47.6 Å². The van der Waals surface area contributed by atoms with Crippen LogP contribution in [0.25, 0.3) is 0 Å². The minimum absolute atomic E-state index is 0.0999. The van der Waals surface area contributed by atoms with Crippen molar-refractivity contribution >= 4 is 28.5 Å². The van der Waals surface area contributed by atoms with Gasteiger partial charge >= 0.3 is 0 Å². The fraction of sp³-hybridized carbons (Fsp3) is 0.188. The highest BCUT2D eigenvalue weighted by Crippen LogP contribution is 2.25. The molecule has 0 saturated carbocycles. The monoisotopic (exact) mass is 397 g/mol. The van der Waals surface area contributed by atoms with Crippen LogP contribution in [-0.2, 0) is 0 Å². The Morgan fingerprint density at radius 1 is 1.14 bits per heavy atom. The average molecular weight is 397 g/mol. The van der Waals surface area contributed by atoms with Crippen LogP contribution in [0.3, 0.4) is 0 Å². The number of ether oxygens (including phenoxy) is 2. The number of rotatable bonds is 6. The van der Waals surface area contributed by atoms with E-state index in [2.05, 4.69) is 27.9 Å². The van der Waals surface area contributed by atoms with Gasteiger partial charge in [-0.1, -0.05) is 18.2 Å². The van der Waals surface area contributed by atoms with E-state index in [1.165, 1.54) is 0 Å². The molecule has 21 heavy (non-hydrogen) atoms. The van der Waals surface area contributed by atoms with Gasteiger partial charge in [-0.15, -0.1) is 0 Å². The molecule has 0 aliphatic rings. The van der Waals surface area contributed by atoms with Crippen LogP contribution in [0.4, 0.5) is 0 Å². The van der Waals surface area contributed by atoms with E-state index in [1.807, 2.05) is 42.5 Å². The van der Waals surface area contributed by atoms with Gasteiger partial charge in [-0.2, -0.15) is 0 Å². The smallest absolute Gasteiger partial charge is 0.251 e. The highest BCUT2D eigenvalue weighted by Gasteiger charge is 2.06. The lowest BCUT2D eigenvalue weighted by Gasteiger charge is -2.11. The van der Waals surface area contributed by atoms with E-state index in [1.54, 1.807) is 13.2 Å². The van der Waals surface area contributed by atoms with Crippen molar-refractivity contribution in [1.82, 2.24) is 5.32 Å². The summed E-state index contributed by atoms with van der Waals surface area (Å²) < 4.78 is 11.8. The number of nitrogens with one attached hydrogen (secondary N) is 1. The Labute approximate surface area is 137 Å². The Bertz CT molecular complexity index is 616. The van der Waals surface area contributed by atoms with Crippen LogP contribution in [0.1, 0.15) is 10.4 Å². The summed E-state index contributed by atoms with van der Waals surface area (Å²) in [7, 11) is 1.60. The molecule has 0 aliphatic carbocycles.